The summed E-state index contributed by atoms with van der Waals surface area (Å²) in [5, 5.41) is 0.881. The second-order valence-corrected chi connectivity index (χ2v) is 7.90. The molecule has 1 aromatic carbocycles. The van der Waals surface area contributed by atoms with E-state index >= 15 is 0 Å². The lowest BCUT2D eigenvalue weighted by Gasteiger charge is -2.27. The number of nitrogens with zero attached hydrogens (tertiary/aromatic N) is 3. The highest BCUT2D eigenvalue weighted by atomic mass is 32.1. The molecule has 0 radical (unpaired) electrons. The third kappa shape index (κ3) is 3.99. The van der Waals surface area contributed by atoms with Gasteiger partial charge in [0.25, 0.3) is 5.56 Å². The van der Waals surface area contributed by atoms with E-state index in [0.717, 1.165) is 64.9 Å². The Kier molecular flexibility index (Phi) is 5.13. The summed E-state index contributed by atoms with van der Waals surface area (Å²) >= 11 is 1.60. The van der Waals surface area contributed by atoms with Crippen molar-refractivity contribution in [3.05, 3.63) is 68.6 Å². The normalized spacial score (nSPS) is 14.3. The lowest BCUT2D eigenvalue weighted by molar-refractivity contribution is 0.243. The number of hydrogen-bond donors (Lipinski definition) is 1. The summed E-state index contributed by atoms with van der Waals surface area (Å²) in [6.45, 7) is 4.30. The molecule has 1 aliphatic rings. The number of aromatic amines is 1. The minimum atomic E-state index is -0.247. The van der Waals surface area contributed by atoms with Crippen molar-refractivity contribution in [1.82, 2.24) is 19.9 Å². The zero-order valence-electron chi connectivity index (χ0n) is 15.2. The molecule has 7 heteroatoms. The first-order chi connectivity index (χ1) is 13.1. The van der Waals surface area contributed by atoms with Gasteiger partial charge >= 0.3 is 0 Å². The molecule has 1 aliphatic heterocycles. The summed E-state index contributed by atoms with van der Waals surface area (Å²) in [7, 11) is 0. The SMILES string of the molecule is CCCc1nc2c(c(=O)[nH]1)CN(Cc1cnc(-c3ccc(F)cc3)s1)CC2. The van der Waals surface area contributed by atoms with E-state index in [4.69, 9.17) is 0 Å². The molecule has 0 spiro atoms. The van der Waals surface area contributed by atoms with Gasteiger partial charge in [0.15, 0.2) is 0 Å². The first-order valence-electron chi connectivity index (χ1n) is 9.16. The maximum Gasteiger partial charge on any atom is 0.255 e. The summed E-state index contributed by atoms with van der Waals surface area (Å²) in [5.41, 5.74) is 2.63. The van der Waals surface area contributed by atoms with Gasteiger partial charge in [-0.15, -0.1) is 11.3 Å². The fourth-order valence-electron chi connectivity index (χ4n) is 3.35. The van der Waals surface area contributed by atoms with Gasteiger partial charge in [-0.2, -0.15) is 0 Å². The molecule has 27 heavy (non-hydrogen) atoms. The maximum atomic E-state index is 13.1. The van der Waals surface area contributed by atoms with Crippen molar-refractivity contribution in [3.8, 4) is 10.6 Å². The van der Waals surface area contributed by atoms with E-state index in [9.17, 15) is 9.18 Å². The second-order valence-electron chi connectivity index (χ2n) is 6.79. The zero-order valence-corrected chi connectivity index (χ0v) is 16.0. The Hall–Kier alpha value is -2.38. The van der Waals surface area contributed by atoms with Gasteiger partial charge in [0, 0.05) is 49.1 Å². The topological polar surface area (TPSA) is 61.9 Å². The van der Waals surface area contributed by atoms with Gasteiger partial charge in [-0.05, 0) is 30.7 Å². The van der Waals surface area contributed by atoms with Gasteiger partial charge in [-0.25, -0.2) is 14.4 Å². The Morgan fingerprint density at radius 2 is 2.11 bits per heavy atom. The van der Waals surface area contributed by atoms with Crippen molar-refractivity contribution in [2.45, 2.75) is 39.3 Å². The predicted octanol–water partition coefficient (Wildman–Crippen LogP) is 3.54. The number of H-pyrrole nitrogens is 1. The second kappa shape index (κ2) is 7.70. The highest BCUT2D eigenvalue weighted by molar-refractivity contribution is 7.15. The van der Waals surface area contributed by atoms with E-state index in [-0.39, 0.29) is 11.4 Å². The molecule has 1 N–H and O–H groups in total. The fraction of sp³-hybridized carbons (Fsp3) is 0.350. The quantitative estimate of drug-likeness (QED) is 0.731. The van der Waals surface area contributed by atoms with E-state index in [0.29, 0.717) is 6.54 Å². The predicted molar refractivity (Wildman–Crippen MR) is 104 cm³/mol. The summed E-state index contributed by atoms with van der Waals surface area (Å²) in [4.78, 5) is 27.8. The van der Waals surface area contributed by atoms with Crippen LogP contribution in [0.25, 0.3) is 10.6 Å². The number of hydrogen-bond acceptors (Lipinski definition) is 5. The van der Waals surface area contributed by atoms with Crippen LogP contribution in [0, 0.1) is 5.82 Å². The summed E-state index contributed by atoms with van der Waals surface area (Å²) in [5.74, 6) is 0.546. The number of rotatable bonds is 5. The molecule has 3 heterocycles. The van der Waals surface area contributed by atoms with Crippen molar-refractivity contribution in [3.63, 3.8) is 0 Å². The van der Waals surface area contributed by atoms with Crippen molar-refractivity contribution in [2.75, 3.05) is 6.54 Å². The summed E-state index contributed by atoms with van der Waals surface area (Å²) in [6.07, 6.45) is 4.43. The number of benzene rings is 1. The Morgan fingerprint density at radius 1 is 1.30 bits per heavy atom. The molecule has 0 unspecified atom stereocenters. The standard InChI is InChI=1S/C20H21FN4OS/c1-2-3-18-23-17-8-9-25(12-16(17)19(26)24-18)11-15-10-22-20(27-15)13-4-6-14(21)7-5-13/h4-7,10H,2-3,8-9,11-12H2,1H3,(H,23,24,26). The molecule has 0 saturated heterocycles. The fourth-order valence-corrected chi connectivity index (χ4v) is 4.31. The molecule has 0 saturated carbocycles. The van der Waals surface area contributed by atoms with Crippen molar-refractivity contribution < 1.29 is 4.39 Å². The summed E-state index contributed by atoms with van der Waals surface area (Å²) in [6, 6.07) is 6.39. The monoisotopic (exact) mass is 384 g/mol. The van der Waals surface area contributed by atoms with Crippen LogP contribution in [-0.2, 0) is 25.9 Å². The number of aromatic nitrogens is 3. The van der Waals surface area contributed by atoms with E-state index in [2.05, 4.69) is 26.8 Å². The maximum absolute atomic E-state index is 13.1. The molecule has 2 aromatic heterocycles. The average Bonchev–Trinajstić information content (AvgIpc) is 3.12. The lowest BCUT2D eigenvalue weighted by Crippen LogP contribution is -2.35. The Bertz CT molecular complexity index is 996. The largest absolute Gasteiger partial charge is 0.310 e. The van der Waals surface area contributed by atoms with Crippen molar-refractivity contribution in [1.29, 1.82) is 0 Å². The number of nitrogens with one attached hydrogen (secondary N) is 1. The van der Waals surface area contributed by atoms with Gasteiger partial charge in [0.05, 0.1) is 11.3 Å². The first-order valence-corrected chi connectivity index (χ1v) is 9.98. The van der Waals surface area contributed by atoms with Gasteiger partial charge in [-0.3, -0.25) is 9.69 Å². The smallest absolute Gasteiger partial charge is 0.255 e. The molecule has 0 aliphatic carbocycles. The molecule has 140 valence electrons. The van der Waals surface area contributed by atoms with Crippen LogP contribution in [0.2, 0.25) is 0 Å². The highest BCUT2D eigenvalue weighted by Crippen LogP contribution is 2.27. The molecule has 3 aromatic rings. The Balaban J connectivity index is 1.47. The van der Waals surface area contributed by atoms with Crippen LogP contribution in [0.5, 0.6) is 0 Å². The van der Waals surface area contributed by atoms with E-state index < -0.39 is 0 Å². The number of thiazole rings is 1. The number of fused-ring (bicyclic) bond motifs is 1. The molecule has 0 bridgehead atoms. The molecule has 0 fully saturated rings. The molecule has 0 amide bonds. The van der Waals surface area contributed by atoms with E-state index in [1.165, 1.54) is 12.1 Å². The Labute approximate surface area is 160 Å². The van der Waals surface area contributed by atoms with Gasteiger partial charge < -0.3 is 4.98 Å². The van der Waals surface area contributed by atoms with Crippen LogP contribution < -0.4 is 5.56 Å². The van der Waals surface area contributed by atoms with Gasteiger partial charge in [0.2, 0.25) is 0 Å². The van der Waals surface area contributed by atoms with Gasteiger partial charge in [-0.1, -0.05) is 6.92 Å². The number of halogens is 1. The summed E-state index contributed by atoms with van der Waals surface area (Å²) < 4.78 is 13.1. The van der Waals surface area contributed by atoms with E-state index in [1.54, 1.807) is 23.5 Å². The van der Waals surface area contributed by atoms with E-state index in [1.807, 2.05) is 6.20 Å². The molecule has 4 rings (SSSR count). The third-order valence-electron chi connectivity index (χ3n) is 4.71. The van der Waals surface area contributed by atoms with Crippen LogP contribution in [0.15, 0.2) is 35.3 Å². The zero-order chi connectivity index (χ0) is 18.8. The van der Waals surface area contributed by atoms with Crippen LogP contribution in [0.3, 0.4) is 0 Å². The third-order valence-corrected chi connectivity index (χ3v) is 5.74. The van der Waals surface area contributed by atoms with Crippen molar-refractivity contribution in [2.24, 2.45) is 0 Å². The first kappa shape index (κ1) is 18.0. The van der Waals surface area contributed by atoms with Crippen LogP contribution >= 0.6 is 11.3 Å². The molecular weight excluding hydrogens is 363 g/mol. The lowest BCUT2D eigenvalue weighted by atomic mass is 10.1. The average molecular weight is 384 g/mol. The van der Waals surface area contributed by atoms with Gasteiger partial charge in [0.1, 0.15) is 16.6 Å². The number of aryl methyl sites for hydroxylation is 1. The Morgan fingerprint density at radius 3 is 2.89 bits per heavy atom. The van der Waals surface area contributed by atoms with Crippen LogP contribution in [-0.4, -0.2) is 26.4 Å². The van der Waals surface area contributed by atoms with Crippen molar-refractivity contribution >= 4 is 11.3 Å². The highest BCUT2D eigenvalue weighted by Gasteiger charge is 2.21. The molecule has 5 nitrogen and oxygen atoms in total. The van der Waals surface area contributed by atoms with Crippen LogP contribution in [0.4, 0.5) is 4.39 Å². The van der Waals surface area contributed by atoms with Crippen LogP contribution in [0.1, 0.15) is 35.3 Å². The molecule has 0 atom stereocenters. The minimum absolute atomic E-state index is 0.00976. The minimum Gasteiger partial charge on any atom is -0.310 e. The molecular formula is C20H21FN4OS.